The van der Waals surface area contributed by atoms with Crippen molar-refractivity contribution >= 4 is 17.7 Å². The SMILES string of the molecule is CCOC(=O)C1CCCN(C(=O)CC(C)=O)C1. The van der Waals surface area contributed by atoms with Gasteiger partial charge in [0.1, 0.15) is 5.78 Å². The summed E-state index contributed by atoms with van der Waals surface area (Å²) in [6.07, 6.45) is 1.46. The van der Waals surface area contributed by atoms with E-state index in [-0.39, 0.29) is 30.0 Å². The highest BCUT2D eigenvalue weighted by atomic mass is 16.5. The Morgan fingerprint density at radius 3 is 2.65 bits per heavy atom. The van der Waals surface area contributed by atoms with Gasteiger partial charge in [0.2, 0.25) is 5.91 Å². The summed E-state index contributed by atoms with van der Waals surface area (Å²) in [5.74, 6) is -0.813. The third kappa shape index (κ3) is 4.17. The van der Waals surface area contributed by atoms with Crippen LogP contribution in [0.25, 0.3) is 0 Å². The number of carbonyl (C=O) groups is 3. The molecule has 0 aromatic carbocycles. The lowest BCUT2D eigenvalue weighted by molar-refractivity contribution is -0.151. The minimum Gasteiger partial charge on any atom is -0.466 e. The molecule has 0 N–H and O–H groups in total. The minimum absolute atomic E-state index is 0.0739. The molecule has 0 spiro atoms. The number of ketones is 1. The topological polar surface area (TPSA) is 63.7 Å². The van der Waals surface area contributed by atoms with Crippen LogP contribution in [0.5, 0.6) is 0 Å². The fourth-order valence-corrected chi connectivity index (χ4v) is 1.98. The van der Waals surface area contributed by atoms with Crippen molar-refractivity contribution in [3.63, 3.8) is 0 Å². The maximum absolute atomic E-state index is 11.7. The van der Waals surface area contributed by atoms with Crippen molar-refractivity contribution in [3.8, 4) is 0 Å². The van der Waals surface area contributed by atoms with E-state index in [9.17, 15) is 14.4 Å². The number of Topliss-reactive ketones (excluding diaryl/α,β-unsaturated/α-hetero) is 1. The first kappa shape index (κ1) is 13.7. The van der Waals surface area contributed by atoms with Crippen molar-refractivity contribution in [1.29, 1.82) is 0 Å². The summed E-state index contributed by atoms with van der Waals surface area (Å²) in [6.45, 7) is 4.52. The first-order chi connectivity index (χ1) is 8.04. The van der Waals surface area contributed by atoms with Crippen LogP contribution in [0.4, 0.5) is 0 Å². The molecule has 0 saturated carbocycles. The average molecular weight is 241 g/mol. The molecule has 0 aromatic rings. The van der Waals surface area contributed by atoms with Crippen LogP contribution in [0.1, 0.15) is 33.1 Å². The molecule has 1 fully saturated rings. The standard InChI is InChI=1S/C12H19NO4/c1-3-17-12(16)10-5-4-6-13(8-10)11(15)7-9(2)14/h10H,3-8H2,1-2H3. The van der Waals surface area contributed by atoms with Gasteiger partial charge in [-0.05, 0) is 26.7 Å². The van der Waals surface area contributed by atoms with Gasteiger partial charge in [-0.1, -0.05) is 0 Å². The van der Waals surface area contributed by atoms with Gasteiger partial charge in [-0.2, -0.15) is 0 Å². The number of likely N-dealkylation sites (tertiary alicyclic amines) is 1. The van der Waals surface area contributed by atoms with E-state index in [2.05, 4.69) is 0 Å². The fourth-order valence-electron chi connectivity index (χ4n) is 1.98. The van der Waals surface area contributed by atoms with E-state index in [4.69, 9.17) is 4.74 Å². The quantitative estimate of drug-likeness (QED) is 0.538. The van der Waals surface area contributed by atoms with Crippen LogP contribution in [-0.2, 0) is 19.1 Å². The second-order valence-electron chi connectivity index (χ2n) is 4.31. The van der Waals surface area contributed by atoms with Crippen LogP contribution >= 0.6 is 0 Å². The van der Waals surface area contributed by atoms with Gasteiger partial charge in [-0.3, -0.25) is 14.4 Å². The maximum atomic E-state index is 11.7. The van der Waals surface area contributed by atoms with Crippen LogP contribution in [0, 0.1) is 5.92 Å². The van der Waals surface area contributed by atoms with Gasteiger partial charge >= 0.3 is 5.97 Å². The summed E-state index contributed by atoms with van der Waals surface area (Å²) in [5, 5.41) is 0. The van der Waals surface area contributed by atoms with Crippen LogP contribution in [0.15, 0.2) is 0 Å². The number of hydrogen-bond acceptors (Lipinski definition) is 4. The monoisotopic (exact) mass is 241 g/mol. The van der Waals surface area contributed by atoms with Gasteiger partial charge in [0, 0.05) is 13.1 Å². The molecule has 1 aliphatic rings. The molecule has 0 aromatic heterocycles. The van der Waals surface area contributed by atoms with Gasteiger partial charge in [0.15, 0.2) is 0 Å². The van der Waals surface area contributed by atoms with E-state index in [0.29, 0.717) is 19.7 Å². The number of rotatable bonds is 4. The van der Waals surface area contributed by atoms with Crippen molar-refractivity contribution in [1.82, 2.24) is 4.90 Å². The number of carbonyl (C=O) groups excluding carboxylic acids is 3. The lowest BCUT2D eigenvalue weighted by Crippen LogP contribution is -2.43. The maximum Gasteiger partial charge on any atom is 0.310 e. The van der Waals surface area contributed by atoms with Crippen LogP contribution < -0.4 is 0 Å². The molecule has 1 rings (SSSR count). The molecule has 0 aliphatic carbocycles. The van der Waals surface area contributed by atoms with Gasteiger partial charge in [0.25, 0.3) is 0 Å². The van der Waals surface area contributed by atoms with Crippen molar-refractivity contribution in [2.75, 3.05) is 19.7 Å². The van der Waals surface area contributed by atoms with Crippen molar-refractivity contribution in [2.45, 2.75) is 33.1 Å². The zero-order valence-electron chi connectivity index (χ0n) is 10.4. The second kappa shape index (κ2) is 6.37. The lowest BCUT2D eigenvalue weighted by Gasteiger charge is -2.31. The molecule has 1 heterocycles. The highest BCUT2D eigenvalue weighted by Crippen LogP contribution is 2.18. The molecule has 1 atom stereocenters. The molecule has 17 heavy (non-hydrogen) atoms. The van der Waals surface area contributed by atoms with Crippen LogP contribution in [0.2, 0.25) is 0 Å². The van der Waals surface area contributed by atoms with E-state index < -0.39 is 0 Å². The average Bonchev–Trinajstić information content (AvgIpc) is 2.28. The van der Waals surface area contributed by atoms with Gasteiger partial charge in [0.05, 0.1) is 18.9 Å². The molecular formula is C12H19NO4. The number of hydrogen-bond donors (Lipinski definition) is 0. The van der Waals surface area contributed by atoms with E-state index >= 15 is 0 Å². The number of nitrogens with zero attached hydrogens (tertiary/aromatic N) is 1. The zero-order valence-corrected chi connectivity index (χ0v) is 10.4. The van der Waals surface area contributed by atoms with Crippen molar-refractivity contribution in [3.05, 3.63) is 0 Å². The van der Waals surface area contributed by atoms with E-state index in [1.807, 2.05) is 0 Å². The largest absolute Gasteiger partial charge is 0.466 e. The van der Waals surface area contributed by atoms with E-state index in [1.165, 1.54) is 6.92 Å². The van der Waals surface area contributed by atoms with Gasteiger partial charge in [-0.15, -0.1) is 0 Å². The molecule has 0 bridgehead atoms. The second-order valence-corrected chi connectivity index (χ2v) is 4.31. The Hall–Kier alpha value is -1.39. The number of esters is 1. The predicted octanol–water partition coefficient (Wildman–Crippen LogP) is 0.767. The Bertz CT molecular complexity index is 314. The van der Waals surface area contributed by atoms with Gasteiger partial charge in [-0.25, -0.2) is 0 Å². The summed E-state index contributed by atoms with van der Waals surface area (Å²) < 4.78 is 4.95. The van der Waals surface area contributed by atoms with E-state index in [0.717, 1.165) is 12.8 Å². The van der Waals surface area contributed by atoms with Crippen molar-refractivity contribution < 1.29 is 19.1 Å². The van der Waals surface area contributed by atoms with Gasteiger partial charge < -0.3 is 9.64 Å². The third-order valence-corrected chi connectivity index (χ3v) is 2.79. The minimum atomic E-state index is -0.243. The summed E-state index contributed by atoms with van der Waals surface area (Å²) in [4.78, 5) is 35.7. The summed E-state index contributed by atoms with van der Waals surface area (Å²) in [7, 11) is 0. The van der Waals surface area contributed by atoms with Crippen LogP contribution in [-0.4, -0.2) is 42.3 Å². The van der Waals surface area contributed by atoms with Crippen LogP contribution in [0.3, 0.4) is 0 Å². The van der Waals surface area contributed by atoms with Crippen molar-refractivity contribution in [2.24, 2.45) is 5.92 Å². The smallest absolute Gasteiger partial charge is 0.310 e. The Morgan fingerprint density at radius 1 is 1.35 bits per heavy atom. The molecule has 1 amide bonds. The summed E-state index contributed by atoms with van der Waals surface area (Å²) in [5.41, 5.74) is 0. The Labute approximate surface area is 101 Å². The Morgan fingerprint density at radius 2 is 2.06 bits per heavy atom. The molecular weight excluding hydrogens is 222 g/mol. The first-order valence-corrected chi connectivity index (χ1v) is 5.98. The predicted molar refractivity (Wildman–Crippen MR) is 61.2 cm³/mol. The molecule has 0 radical (unpaired) electrons. The Balaban J connectivity index is 2.51. The first-order valence-electron chi connectivity index (χ1n) is 5.98. The fraction of sp³-hybridized carbons (Fsp3) is 0.750. The molecule has 1 aliphatic heterocycles. The molecule has 1 saturated heterocycles. The number of ether oxygens (including phenoxy) is 1. The number of amides is 1. The normalized spacial score (nSPS) is 19.9. The summed E-state index contributed by atoms with van der Waals surface area (Å²) in [6, 6.07) is 0. The van der Waals surface area contributed by atoms with E-state index in [1.54, 1.807) is 11.8 Å². The Kier molecular flexibility index (Phi) is 5.12. The third-order valence-electron chi connectivity index (χ3n) is 2.79. The zero-order chi connectivity index (χ0) is 12.8. The summed E-state index contributed by atoms with van der Waals surface area (Å²) >= 11 is 0. The molecule has 96 valence electrons. The highest BCUT2D eigenvalue weighted by Gasteiger charge is 2.29. The molecule has 1 unspecified atom stereocenters. The highest BCUT2D eigenvalue weighted by molar-refractivity contribution is 5.97. The lowest BCUT2D eigenvalue weighted by atomic mass is 9.98. The molecule has 5 nitrogen and oxygen atoms in total. The number of piperidine rings is 1. The molecule has 5 heteroatoms.